The molecule has 0 aliphatic carbocycles. The van der Waals surface area contributed by atoms with Gasteiger partial charge in [-0.25, -0.2) is 8.42 Å². The highest BCUT2D eigenvalue weighted by molar-refractivity contribution is 7.92. The molecule has 2 aromatic carbocycles. The van der Waals surface area contributed by atoms with Crippen molar-refractivity contribution in [2.75, 3.05) is 36.9 Å². The van der Waals surface area contributed by atoms with E-state index in [1.165, 1.54) is 6.92 Å². The van der Waals surface area contributed by atoms with Crippen LogP contribution in [0.15, 0.2) is 36.4 Å². The molecule has 0 fully saturated rings. The number of rotatable bonds is 8. The first-order valence-corrected chi connectivity index (χ1v) is 11.9. The van der Waals surface area contributed by atoms with E-state index >= 15 is 0 Å². The quantitative estimate of drug-likeness (QED) is 0.624. The number of hydrogen-bond acceptors (Lipinski definition) is 6. The Balaban J connectivity index is 1.64. The Morgan fingerprint density at radius 3 is 2.52 bits per heavy atom. The molecule has 9 heteroatoms. The number of nitrogens with zero attached hydrogens (tertiary/aromatic N) is 1. The summed E-state index contributed by atoms with van der Waals surface area (Å²) in [6, 6.07) is 9.73. The fourth-order valence-electron chi connectivity index (χ4n) is 3.42. The van der Waals surface area contributed by atoms with Gasteiger partial charge >= 0.3 is 0 Å². The number of ether oxygens (including phenoxy) is 3. The highest BCUT2D eigenvalue weighted by Gasteiger charge is 2.30. The molecule has 1 amide bonds. The van der Waals surface area contributed by atoms with Gasteiger partial charge in [-0.15, -0.1) is 0 Å². The van der Waals surface area contributed by atoms with Crippen LogP contribution in [0, 0.1) is 13.8 Å². The number of hydrogen-bond donors (Lipinski definition) is 1. The summed E-state index contributed by atoms with van der Waals surface area (Å²) in [5.41, 5.74) is 2.49. The van der Waals surface area contributed by atoms with Gasteiger partial charge in [-0.05, 0) is 44.5 Å². The summed E-state index contributed by atoms with van der Waals surface area (Å²) < 4.78 is 42.8. The molecule has 0 bridgehead atoms. The number of anilines is 1. The maximum atomic E-state index is 12.7. The van der Waals surface area contributed by atoms with Crippen molar-refractivity contribution >= 4 is 21.6 Å². The number of aryl methyl sites for hydroxylation is 2. The topological polar surface area (TPSA) is 94.2 Å². The largest absolute Gasteiger partial charge is 0.491 e. The van der Waals surface area contributed by atoms with Crippen molar-refractivity contribution in [3.8, 4) is 17.2 Å². The zero-order valence-electron chi connectivity index (χ0n) is 18.2. The van der Waals surface area contributed by atoms with Crippen LogP contribution < -0.4 is 23.8 Å². The fourth-order valence-corrected chi connectivity index (χ4v) is 4.59. The molecule has 1 N–H and O–H groups in total. The third-order valence-corrected chi connectivity index (χ3v) is 6.10. The van der Waals surface area contributed by atoms with Gasteiger partial charge in [0.05, 0.1) is 18.5 Å². The molecule has 0 saturated carbocycles. The summed E-state index contributed by atoms with van der Waals surface area (Å²) in [5.74, 6) is 1.32. The maximum Gasteiger partial charge on any atom is 0.243 e. The third-order valence-electron chi connectivity index (χ3n) is 4.86. The molecule has 2 aromatic rings. The molecule has 31 heavy (non-hydrogen) atoms. The molecule has 1 aliphatic heterocycles. The normalized spacial score (nSPS) is 13.9. The van der Waals surface area contributed by atoms with Gasteiger partial charge in [0, 0.05) is 6.07 Å². The third kappa shape index (κ3) is 5.61. The number of carbonyl (C=O) groups is 1. The van der Waals surface area contributed by atoms with E-state index in [1.807, 2.05) is 32.0 Å². The van der Waals surface area contributed by atoms with Crippen molar-refractivity contribution in [2.24, 2.45) is 0 Å². The van der Waals surface area contributed by atoms with Crippen molar-refractivity contribution in [1.29, 1.82) is 0 Å². The van der Waals surface area contributed by atoms with E-state index in [1.54, 1.807) is 18.2 Å². The van der Waals surface area contributed by atoms with E-state index in [2.05, 4.69) is 5.32 Å². The minimum Gasteiger partial charge on any atom is -0.491 e. The Hall–Kier alpha value is -2.94. The second-order valence-corrected chi connectivity index (χ2v) is 9.33. The van der Waals surface area contributed by atoms with Gasteiger partial charge in [0.15, 0.2) is 11.5 Å². The Kier molecular flexibility index (Phi) is 6.94. The summed E-state index contributed by atoms with van der Waals surface area (Å²) in [7, 11) is -3.73. The molecule has 1 aliphatic rings. The number of benzene rings is 2. The molecule has 0 spiro atoms. The summed E-state index contributed by atoms with van der Waals surface area (Å²) in [4.78, 5) is 12.7. The van der Waals surface area contributed by atoms with Crippen molar-refractivity contribution < 1.29 is 27.4 Å². The molecule has 168 valence electrons. The number of carbonyl (C=O) groups excluding carboxylic acids is 1. The fraction of sp³-hybridized carbons (Fsp3) is 0.409. The molecule has 1 unspecified atom stereocenters. The van der Waals surface area contributed by atoms with Crippen LogP contribution >= 0.6 is 0 Å². The number of sulfonamides is 1. The minimum atomic E-state index is -3.73. The van der Waals surface area contributed by atoms with Crippen molar-refractivity contribution in [3.63, 3.8) is 0 Å². The molecule has 0 radical (unpaired) electrons. The summed E-state index contributed by atoms with van der Waals surface area (Å²) in [5, 5.41) is 2.74. The van der Waals surface area contributed by atoms with E-state index in [4.69, 9.17) is 14.2 Å². The zero-order valence-corrected chi connectivity index (χ0v) is 19.0. The average molecular weight is 449 g/mol. The SMILES string of the molecule is Cc1ccc(OCCNC(=O)C(C)N(c2ccc3c(c2)OCCO3)S(C)(=O)=O)c(C)c1. The molecule has 3 rings (SSSR count). The molecular weight excluding hydrogens is 420 g/mol. The average Bonchev–Trinajstić information content (AvgIpc) is 2.71. The van der Waals surface area contributed by atoms with Crippen LogP contribution in [0.5, 0.6) is 17.2 Å². The molecule has 0 saturated heterocycles. The molecule has 1 atom stereocenters. The molecule has 1 heterocycles. The lowest BCUT2D eigenvalue weighted by atomic mass is 10.1. The number of nitrogens with one attached hydrogen (secondary N) is 1. The van der Waals surface area contributed by atoms with Gasteiger partial charge in [-0.2, -0.15) is 0 Å². The van der Waals surface area contributed by atoms with Crippen molar-refractivity contribution in [1.82, 2.24) is 5.32 Å². The van der Waals surface area contributed by atoms with E-state index in [9.17, 15) is 13.2 Å². The highest BCUT2D eigenvalue weighted by atomic mass is 32.2. The van der Waals surface area contributed by atoms with Crippen LogP contribution in [-0.2, 0) is 14.8 Å². The minimum absolute atomic E-state index is 0.245. The Morgan fingerprint density at radius 1 is 1.13 bits per heavy atom. The van der Waals surface area contributed by atoms with Crippen molar-refractivity contribution in [2.45, 2.75) is 26.8 Å². The predicted octanol–water partition coefficient (Wildman–Crippen LogP) is 2.42. The predicted molar refractivity (Wildman–Crippen MR) is 119 cm³/mol. The van der Waals surface area contributed by atoms with Crippen LogP contribution in [0.2, 0.25) is 0 Å². The van der Waals surface area contributed by atoms with E-state index in [0.29, 0.717) is 30.4 Å². The first kappa shape index (κ1) is 22.7. The van der Waals surface area contributed by atoms with Gasteiger partial charge in [-0.1, -0.05) is 17.7 Å². The van der Waals surface area contributed by atoms with Crippen molar-refractivity contribution in [3.05, 3.63) is 47.5 Å². The summed E-state index contributed by atoms with van der Waals surface area (Å²) >= 11 is 0. The Bertz CT molecular complexity index is 1050. The first-order valence-electron chi connectivity index (χ1n) is 10.0. The maximum absolute atomic E-state index is 12.7. The summed E-state index contributed by atoms with van der Waals surface area (Å²) in [6.45, 7) is 6.84. The van der Waals surface area contributed by atoms with Gasteiger partial charge in [0.1, 0.15) is 31.6 Å². The summed E-state index contributed by atoms with van der Waals surface area (Å²) in [6.07, 6.45) is 1.07. The van der Waals surface area contributed by atoms with E-state index < -0.39 is 22.0 Å². The highest BCUT2D eigenvalue weighted by Crippen LogP contribution is 2.35. The lowest BCUT2D eigenvalue weighted by Gasteiger charge is -2.29. The van der Waals surface area contributed by atoms with Gasteiger partial charge in [-0.3, -0.25) is 9.10 Å². The molecule has 8 nitrogen and oxygen atoms in total. The number of amides is 1. The zero-order chi connectivity index (χ0) is 22.6. The van der Waals surface area contributed by atoms with Gasteiger partial charge in [0.25, 0.3) is 0 Å². The number of fused-ring (bicyclic) bond motifs is 1. The molecular formula is C22H28N2O6S. The van der Waals surface area contributed by atoms with Crippen LogP contribution in [0.1, 0.15) is 18.1 Å². The second kappa shape index (κ2) is 9.47. The monoisotopic (exact) mass is 448 g/mol. The van der Waals surface area contributed by atoms with Crippen LogP contribution in [0.4, 0.5) is 5.69 Å². The Labute approximate surface area is 183 Å². The lowest BCUT2D eigenvalue weighted by Crippen LogP contribution is -2.48. The second-order valence-electron chi connectivity index (χ2n) is 7.47. The van der Waals surface area contributed by atoms with E-state index in [0.717, 1.165) is 27.4 Å². The first-order chi connectivity index (χ1) is 14.7. The van der Waals surface area contributed by atoms with Crippen LogP contribution in [0.25, 0.3) is 0 Å². The van der Waals surface area contributed by atoms with Gasteiger partial charge < -0.3 is 19.5 Å². The standard InChI is InChI=1S/C22H28N2O6S/c1-15-5-7-19(16(2)13-15)28-10-9-23-22(25)17(3)24(31(4,26)27)18-6-8-20-21(14-18)30-12-11-29-20/h5-8,13-14,17H,9-12H2,1-4H3,(H,23,25). The van der Waals surface area contributed by atoms with Crippen LogP contribution in [-0.4, -0.2) is 53.0 Å². The Morgan fingerprint density at radius 2 is 1.84 bits per heavy atom. The molecule has 0 aromatic heterocycles. The van der Waals surface area contributed by atoms with Gasteiger partial charge in [0.2, 0.25) is 15.9 Å². The lowest BCUT2D eigenvalue weighted by molar-refractivity contribution is -0.121. The van der Waals surface area contributed by atoms with Crippen LogP contribution in [0.3, 0.4) is 0 Å². The van der Waals surface area contributed by atoms with E-state index in [-0.39, 0.29) is 13.2 Å². The smallest absolute Gasteiger partial charge is 0.243 e.